The van der Waals surface area contributed by atoms with E-state index in [1.54, 1.807) is 13.2 Å². The third-order valence-corrected chi connectivity index (χ3v) is 2.64. The third-order valence-electron chi connectivity index (χ3n) is 1.97. The van der Waals surface area contributed by atoms with Gasteiger partial charge in [-0.15, -0.1) is 0 Å². The second-order valence-corrected chi connectivity index (χ2v) is 4.26. The van der Waals surface area contributed by atoms with Gasteiger partial charge in [-0.05, 0) is 35.0 Å². The van der Waals surface area contributed by atoms with Crippen molar-refractivity contribution < 1.29 is 9.47 Å². The highest BCUT2D eigenvalue weighted by Crippen LogP contribution is 2.27. The summed E-state index contributed by atoms with van der Waals surface area (Å²) < 4.78 is 11.4. The van der Waals surface area contributed by atoms with E-state index in [2.05, 4.69) is 15.9 Å². The highest BCUT2D eigenvalue weighted by Gasteiger charge is 2.13. The standard InChI is InChI=1S/C11H15BrN2O2/c1-7(6-15-2)16-9-5-3-4-8(12)10(9)11(13)14/h3-5,7H,6H2,1-2H3,(H3,13,14). The Morgan fingerprint density at radius 1 is 1.56 bits per heavy atom. The fourth-order valence-electron chi connectivity index (χ4n) is 1.35. The van der Waals surface area contributed by atoms with Crippen molar-refractivity contribution in [2.45, 2.75) is 13.0 Å². The topological polar surface area (TPSA) is 68.3 Å². The molecule has 0 aliphatic rings. The molecule has 0 amide bonds. The van der Waals surface area contributed by atoms with Crippen LogP contribution in [0.4, 0.5) is 0 Å². The smallest absolute Gasteiger partial charge is 0.131 e. The fourth-order valence-corrected chi connectivity index (χ4v) is 1.91. The number of ether oxygens (including phenoxy) is 2. The molecule has 0 bridgehead atoms. The molecule has 88 valence electrons. The van der Waals surface area contributed by atoms with Crippen LogP contribution in [0.2, 0.25) is 0 Å². The van der Waals surface area contributed by atoms with E-state index in [1.807, 2.05) is 19.1 Å². The molecule has 0 saturated heterocycles. The van der Waals surface area contributed by atoms with Crippen LogP contribution in [0.15, 0.2) is 22.7 Å². The van der Waals surface area contributed by atoms with Gasteiger partial charge in [0.1, 0.15) is 17.7 Å². The number of nitrogens with two attached hydrogens (primary N) is 1. The van der Waals surface area contributed by atoms with Gasteiger partial charge in [-0.2, -0.15) is 0 Å². The first-order valence-corrected chi connectivity index (χ1v) is 5.64. The zero-order valence-electron chi connectivity index (χ0n) is 9.29. The molecule has 5 heteroatoms. The SMILES string of the molecule is COCC(C)Oc1cccc(Br)c1C(=N)N. The summed E-state index contributed by atoms with van der Waals surface area (Å²) in [7, 11) is 1.62. The van der Waals surface area contributed by atoms with Crippen molar-refractivity contribution in [1.82, 2.24) is 0 Å². The maximum absolute atomic E-state index is 7.50. The van der Waals surface area contributed by atoms with Crippen molar-refractivity contribution in [2.24, 2.45) is 5.73 Å². The molecule has 1 rings (SSSR count). The second kappa shape index (κ2) is 5.86. The Morgan fingerprint density at radius 2 is 2.25 bits per heavy atom. The van der Waals surface area contributed by atoms with Crippen molar-refractivity contribution in [3.05, 3.63) is 28.2 Å². The number of nitrogens with one attached hydrogen (secondary N) is 1. The summed E-state index contributed by atoms with van der Waals surface area (Å²) >= 11 is 3.34. The van der Waals surface area contributed by atoms with Gasteiger partial charge in [0.15, 0.2) is 0 Å². The molecule has 1 aromatic rings. The normalized spacial score (nSPS) is 12.2. The number of hydrogen-bond acceptors (Lipinski definition) is 3. The number of halogens is 1. The monoisotopic (exact) mass is 286 g/mol. The number of hydrogen-bond donors (Lipinski definition) is 2. The minimum atomic E-state index is -0.0857. The van der Waals surface area contributed by atoms with E-state index in [4.69, 9.17) is 20.6 Å². The highest BCUT2D eigenvalue weighted by atomic mass is 79.9. The molecule has 4 nitrogen and oxygen atoms in total. The summed E-state index contributed by atoms with van der Waals surface area (Å²) in [5, 5.41) is 7.50. The summed E-state index contributed by atoms with van der Waals surface area (Å²) in [6.45, 7) is 2.39. The lowest BCUT2D eigenvalue weighted by atomic mass is 10.2. The van der Waals surface area contributed by atoms with Crippen LogP contribution in [-0.4, -0.2) is 25.7 Å². The number of rotatable bonds is 5. The van der Waals surface area contributed by atoms with Crippen molar-refractivity contribution in [3.63, 3.8) is 0 Å². The van der Waals surface area contributed by atoms with Crippen LogP contribution in [0.5, 0.6) is 5.75 Å². The predicted molar refractivity (Wildman–Crippen MR) is 67.1 cm³/mol. The molecule has 0 aromatic heterocycles. The Bertz CT molecular complexity index is 382. The molecular formula is C11H15BrN2O2. The van der Waals surface area contributed by atoms with Gasteiger partial charge in [-0.1, -0.05) is 6.07 Å². The molecule has 0 heterocycles. The van der Waals surface area contributed by atoms with Crippen LogP contribution in [0.25, 0.3) is 0 Å². The molecule has 1 aromatic carbocycles. The molecule has 0 radical (unpaired) electrons. The minimum absolute atomic E-state index is 0.0212. The average molecular weight is 287 g/mol. The first-order chi connectivity index (χ1) is 7.56. The average Bonchev–Trinajstić information content (AvgIpc) is 2.17. The summed E-state index contributed by atoms with van der Waals surface area (Å²) in [4.78, 5) is 0. The van der Waals surface area contributed by atoms with Gasteiger partial charge >= 0.3 is 0 Å². The van der Waals surface area contributed by atoms with Crippen LogP contribution < -0.4 is 10.5 Å². The number of amidine groups is 1. The van der Waals surface area contributed by atoms with Crippen LogP contribution in [-0.2, 0) is 4.74 Å². The molecular weight excluding hydrogens is 272 g/mol. The first kappa shape index (κ1) is 13.0. The minimum Gasteiger partial charge on any atom is -0.488 e. The van der Waals surface area contributed by atoms with Crippen molar-refractivity contribution in [1.29, 1.82) is 5.41 Å². The Kier molecular flexibility index (Phi) is 4.76. The summed E-state index contributed by atoms with van der Waals surface area (Å²) in [5.41, 5.74) is 6.08. The van der Waals surface area contributed by atoms with Crippen LogP contribution in [0.1, 0.15) is 12.5 Å². The van der Waals surface area contributed by atoms with Gasteiger partial charge in [0.2, 0.25) is 0 Å². The molecule has 1 atom stereocenters. The Hall–Kier alpha value is -1.07. The Morgan fingerprint density at radius 3 is 2.81 bits per heavy atom. The molecule has 0 saturated carbocycles. The molecule has 16 heavy (non-hydrogen) atoms. The van der Waals surface area contributed by atoms with Gasteiger partial charge in [0.05, 0.1) is 12.2 Å². The van der Waals surface area contributed by atoms with E-state index in [0.29, 0.717) is 17.9 Å². The summed E-state index contributed by atoms with van der Waals surface area (Å²) in [6, 6.07) is 5.45. The maximum atomic E-state index is 7.50. The molecule has 3 N–H and O–H groups in total. The fraction of sp³-hybridized carbons (Fsp3) is 0.364. The maximum Gasteiger partial charge on any atom is 0.131 e. The van der Waals surface area contributed by atoms with E-state index in [9.17, 15) is 0 Å². The predicted octanol–water partition coefficient (Wildman–Crippen LogP) is 2.15. The summed E-state index contributed by atoms with van der Waals surface area (Å²) in [5.74, 6) is 0.568. The Balaban J connectivity index is 2.95. The summed E-state index contributed by atoms with van der Waals surface area (Å²) in [6.07, 6.45) is -0.0857. The van der Waals surface area contributed by atoms with Crippen molar-refractivity contribution in [3.8, 4) is 5.75 Å². The van der Waals surface area contributed by atoms with Crippen LogP contribution >= 0.6 is 15.9 Å². The largest absolute Gasteiger partial charge is 0.488 e. The molecule has 0 spiro atoms. The van der Waals surface area contributed by atoms with E-state index < -0.39 is 0 Å². The zero-order valence-corrected chi connectivity index (χ0v) is 10.9. The number of benzene rings is 1. The zero-order chi connectivity index (χ0) is 12.1. The lowest BCUT2D eigenvalue weighted by Gasteiger charge is -2.17. The van der Waals surface area contributed by atoms with Gasteiger partial charge in [-0.25, -0.2) is 0 Å². The van der Waals surface area contributed by atoms with Gasteiger partial charge in [-0.3, -0.25) is 5.41 Å². The van der Waals surface area contributed by atoms with Crippen molar-refractivity contribution in [2.75, 3.05) is 13.7 Å². The molecule has 0 aliphatic heterocycles. The number of methoxy groups -OCH3 is 1. The van der Waals surface area contributed by atoms with Gasteiger partial charge < -0.3 is 15.2 Å². The van der Waals surface area contributed by atoms with Crippen LogP contribution in [0.3, 0.4) is 0 Å². The lowest BCUT2D eigenvalue weighted by Crippen LogP contribution is -2.21. The molecule has 0 aliphatic carbocycles. The van der Waals surface area contributed by atoms with E-state index in [0.717, 1.165) is 4.47 Å². The Labute approximate surface area is 103 Å². The van der Waals surface area contributed by atoms with Gasteiger partial charge in [0, 0.05) is 11.6 Å². The van der Waals surface area contributed by atoms with Crippen LogP contribution in [0, 0.1) is 5.41 Å². The highest BCUT2D eigenvalue weighted by molar-refractivity contribution is 9.10. The van der Waals surface area contributed by atoms with Gasteiger partial charge in [0.25, 0.3) is 0 Å². The second-order valence-electron chi connectivity index (χ2n) is 3.41. The molecule has 0 fully saturated rings. The quantitative estimate of drug-likeness (QED) is 0.644. The third kappa shape index (κ3) is 3.21. The van der Waals surface area contributed by atoms with E-state index in [-0.39, 0.29) is 11.9 Å². The first-order valence-electron chi connectivity index (χ1n) is 4.84. The lowest BCUT2D eigenvalue weighted by molar-refractivity contribution is 0.0919. The molecule has 1 unspecified atom stereocenters. The van der Waals surface area contributed by atoms with E-state index >= 15 is 0 Å². The van der Waals surface area contributed by atoms with E-state index in [1.165, 1.54) is 0 Å². The van der Waals surface area contributed by atoms with Crippen molar-refractivity contribution >= 4 is 21.8 Å². The number of nitrogen functional groups attached to an aromatic ring is 1.